The van der Waals surface area contributed by atoms with Crippen LogP contribution in [0.25, 0.3) is 0 Å². The lowest BCUT2D eigenvalue weighted by atomic mass is 9.93. The van der Waals surface area contributed by atoms with Gasteiger partial charge in [-0.15, -0.1) is 0 Å². The van der Waals surface area contributed by atoms with Gasteiger partial charge in [-0.05, 0) is 44.2 Å². The van der Waals surface area contributed by atoms with Crippen molar-refractivity contribution in [3.63, 3.8) is 0 Å². The molecule has 2 unspecified atom stereocenters. The molecule has 1 aromatic heterocycles. The van der Waals surface area contributed by atoms with Gasteiger partial charge in [0, 0.05) is 12.6 Å². The number of rotatable bonds is 2. The number of carbonyl (C=O) groups is 2. The van der Waals surface area contributed by atoms with Crippen LogP contribution < -0.4 is 4.74 Å². The summed E-state index contributed by atoms with van der Waals surface area (Å²) in [4.78, 5) is 29.7. The van der Waals surface area contributed by atoms with Gasteiger partial charge in [-0.2, -0.15) is 0 Å². The summed E-state index contributed by atoms with van der Waals surface area (Å²) in [5.74, 6) is -0.762. The number of aromatic nitrogens is 1. The minimum atomic E-state index is -0.837. The molecule has 3 heterocycles. The van der Waals surface area contributed by atoms with E-state index in [0.717, 1.165) is 24.2 Å². The average molecular weight is 304 g/mol. The van der Waals surface area contributed by atoms with Crippen LogP contribution in [0.15, 0.2) is 12.3 Å². The molecular weight excluding hydrogens is 284 g/mol. The number of fused-ring (bicyclic) bond motifs is 1. The molecule has 2 aliphatic rings. The monoisotopic (exact) mass is 304 g/mol. The van der Waals surface area contributed by atoms with Crippen LogP contribution >= 0.6 is 0 Å². The van der Waals surface area contributed by atoms with E-state index >= 15 is 0 Å². The predicted molar refractivity (Wildman–Crippen MR) is 78.9 cm³/mol. The van der Waals surface area contributed by atoms with Crippen molar-refractivity contribution in [1.82, 2.24) is 9.88 Å². The van der Waals surface area contributed by atoms with E-state index in [1.165, 1.54) is 0 Å². The maximum absolute atomic E-state index is 12.7. The number of carboxylic acid groups (broad SMARTS) is 1. The number of piperidine rings is 1. The summed E-state index contributed by atoms with van der Waals surface area (Å²) in [6.07, 6.45) is 4.74. The van der Waals surface area contributed by atoms with Crippen LogP contribution in [0.1, 0.15) is 42.2 Å². The Balaban J connectivity index is 1.81. The van der Waals surface area contributed by atoms with Crippen LogP contribution in [0, 0.1) is 5.92 Å². The SMILES string of the molecule is CC1CCC(C(=O)O)CN1C(=O)c1cc2c(cn1)OCCC2. The van der Waals surface area contributed by atoms with Gasteiger partial charge >= 0.3 is 5.97 Å². The quantitative estimate of drug-likeness (QED) is 0.900. The summed E-state index contributed by atoms with van der Waals surface area (Å²) in [5.41, 5.74) is 1.38. The first-order chi connectivity index (χ1) is 10.6. The van der Waals surface area contributed by atoms with Crippen molar-refractivity contribution in [3.05, 3.63) is 23.5 Å². The van der Waals surface area contributed by atoms with Crippen molar-refractivity contribution < 1.29 is 19.4 Å². The first kappa shape index (κ1) is 14.8. The zero-order valence-corrected chi connectivity index (χ0v) is 12.6. The Hall–Kier alpha value is -2.11. The van der Waals surface area contributed by atoms with E-state index in [-0.39, 0.29) is 18.5 Å². The van der Waals surface area contributed by atoms with Gasteiger partial charge in [0.05, 0.1) is 18.7 Å². The molecule has 0 saturated carbocycles. The lowest BCUT2D eigenvalue weighted by molar-refractivity contribution is -0.143. The second-order valence-corrected chi connectivity index (χ2v) is 6.05. The second kappa shape index (κ2) is 5.94. The highest BCUT2D eigenvalue weighted by Crippen LogP contribution is 2.27. The Bertz CT molecular complexity index is 602. The van der Waals surface area contributed by atoms with Crippen LogP contribution in [0.2, 0.25) is 0 Å². The van der Waals surface area contributed by atoms with E-state index in [4.69, 9.17) is 4.74 Å². The maximum Gasteiger partial charge on any atom is 0.308 e. The largest absolute Gasteiger partial charge is 0.492 e. The smallest absolute Gasteiger partial charge is 0.308 e. The Labute approximate surface area is 129 Å². The number of aliphatic carboxylic acids is 1. The maximum atomic E-state index is 12.7. The summed E-state index contributed by atoms with van der Waals surface area (Å²) in [5, 5.41) is 9.18. The molecule has 6 heteroatoms. The molecular formula is C16H20N2O4. The van der Waals surface area contributed by atoms with Gasteiger partial charge in [0.2, 0.25) is 0 Å². The molecule has 1 amide bonds. The minimum absolute atomic E-state index is 0.0391. The number of hydrogen-bond acceptors (Lipinski definition) is 4. The van der Waals surface area contributed by atoms with Gasteiger partial charge in [0.25, 0.3) is 5.91 Å². The van der Waals surface area contributed by atoms with Crippen LogP contribution in [-0.2, 0) is 11.2 Å². The summed E-state index contributed by atoms with van der Waals surface area (Å²) in [6, 6.07) is 1.82. The third kappa shape index (κ3) is 2.77. The van der Waals surface area contributed by atoms with E-state index in [1.807, 2.05) is 6.92 Å². The molecule has 1 N–H and O–H groups in total. The normalized spacial score (nSPS) is 24.3. The lowest BCUT2D eigenvalue weighted by Gasteiger charge is -2.36. The molecule has 2 atom stereocenters. The Morgan fingerprint density at radius 2 is 2.23 bits per heavy atom. The number of carboxylic acids is 1. The van der Waals surface area contributed by atoms with Crippen molar-refractivity contribution in [3.8, 4) is 5.75 Å². The van der Waals surface area contributed by atoms with Crippen LogP contribution in [0.5, 0.6) is 5.75 Å². The van der Waals surface area contributed by atoms with Crippen LogP contribution in [0.4, 0.5) is 0 Å². The van der Waals surface area contributed by atoms with Gasteiger partial charge in [-0.25, -0.2) is 4.98 Å². The molecule has 0 spiro atoms. The van der Waals surface area contributed by atoms with Gasteiger partial charge < -0.3 is 14.7 Å². The highest BCUT2D eigenvalue weighted by Gasteiger charge is 2.33. The fourth-order valence-corrected chi connectivity index (χ4v) is 3.11. The first-order valence-corrected chi connectivity index (χ1v) is 7.71. The summed E-state index contributed by atoms with van der Waals surface area (Å²) < 4.78 is 5.51. The lowest BCUT2D eigenvalue weighted by Crippen LogP contribution is -2.47. The van der Waals surface area contributed by atoms with Crippen molar-refractivity contribution >= 4 is 11.9 Å². The van der Waals surface area contributed by atoms with Gasteiger partial charge in [0.15, 0.2) is 0 Å². The van der Waals surface area contributed by atoms with Crippen LogP contribution in [0.3, 0.4) is 0 Å². The van der Waals surface area contributed by atoms with E-state index in [1.54, 1.807) is 17.2 Å². The number of ether oxygens (including phenoxy) is 1. The fourth-order valence-electron chi connectivity index (χ4n) is 3.11. The number of pyridine rings is 1. The molecule has 0 radical (unpaired) electrons. The van der Waals surface area contributed by atoms with E-state index in [0.29, 0.717) is 25.1 Å². The second-order valence-electron chi connectivity index (χ2n) is 6.05. The van der Waals surface area contributed by atoms with Gasteiger partial charge in [-0.3, -0.25) is 9.59 Å². The first-order valence-electron chi connectivity index (χ1n) is 7.71. The van der Waals surface area contributed by atoms with Crippen molar-refractivity contribution in [2.45, 2.75) is 38.6 Å². The highest BCUT2D eigenvalue weighted by atomic mass is 16.5. The number of carbonyl (C=O) groups excluding carboxylic acids is 1. The number of likely N-dealkylation sites (tertiary alicyclic amines) is 1. The predicted octanol–water partition coefficient (Wildman–Crippen LogP) is 1.73. The molecule has 1 aromatic rings. The summed E-state index contributed by atoms with van der Waals surface area (Å²) >= 11 is 0. The molecule has 22 heavy (non-hydrogen) atoms. The summed E-state index contributed by atoms with van der Waals surface area (Å²) in [7, 11) is 0. The van der Waals surface area contributed by atoms with Crippen LogP contribution in [-0.4, -0.2) is 46.1 Å². The number of nitrogens with zero attached hydrogens (tertiary/aromatic N) is 2. The van der Waals surface area contributed by atoms with Crippen molar-refractivity contribution in [2.75, 3.05) is 13.2 Å². The Morgan fingerprint density at radius 3 is 3.00 bits per heavy atom. The molecule has 0 bridgehead atoms. The number of aryl methyl sites for hydroxylation is 1. The number of amides is 1. The topological polar surface area (TPSA) is 79.7 Å². The molecule has 1 fully saturated rings. The third-order valence-corrected chi connectivity index (χ3v) is 4.51. The fraction of sp³-hybridized carbons (Fsp3) is 0.562. The average Bonchev–Trinajstić information content (AvgIpc) is 2.54. The Morgan fingerprint density at radius 1 is 1.41 bits per heavy atom. The highest BCUT2D eigenvalue weighted by molar-refractivity contribution is 5.93. The molecule has 0 aliphatic carbocycles. The van der Waals surface area contributed by atoms with Crippen molar-refractivity contribution in [2.24, 2.45) is 5.92 Å². The molecule has 1 saturated heterocycles. The third-order valence-electron chi connectivity index (χ3n) is 4.51. The summed E-state index contributed by atoms with van der Waals surface area (Å²) in [6.45, 7) is 2.90. The molecule has 2 aliphatic heterocycles. The Kier molecular flexibility index (Phi) is 4.00. The minimum Gasteiger partial charge on any atom is -0.492 e. The van der Waals surface area contributed by atoms with E-state index < -0.39 is 11.9 Å². The molecule has 118 valence electrons. The molecule has 6 nitrogen and oxygen atoms in total. The standard InChI is InChI=1S/C16H20N2O4/c1-10-4-5-12(16(20)21)9-18(10)15(19)13-7-11-3-2-6-22-14(11)8-17-13/h7-8,10,12H,2-6,9H2,1H3,(H,20,21). The molecule has 0 aromatic carbocycles. The van der Waals surface area contributed by atoms with Gasteiger partial charge in [-0.1, -0.05) is 0 Å². The van der Waals surface area contributed by atoms with E-state index in [2.05, 4.69) is 4.98 Å². The van der Waals surface area contributed by atoms with E-state index in [9.17, 15) is 14.7 Å². The zero-order chi connectivity index (χ0) is 15.7. The van der Waals surface area contributed by atoms with Gasteiger partial charge in [0.1, 0.15) is 11.4 Å². The van der Waals surface area contributed by atoms with Crippen molar-refractivity contribution in [1.29, 1.82) is 0 Å². The molecule has 3 rings (SSSR count). The zero-order valence-electron chi connectivity index (χ0n) is 12.6. The number of hydrogen-bond donors (Lipinski definition) is 1.